The normalized spacial score (nSPS) is 22.1. The summed E-state index contributed by atoms with van der Waals surface area (Å²) >= 11 is 0. The van der Waals surface area contributed by atoms with Gasteiger partial charge in [-0.25, -0.2) is 4.79 Å². The highest BCUT2D eigenvalue weighted by atomic mass is 28.3. The summed E-state index contributed by atoms with van der Waals surface area (Å²) in [6, 6.07) is 0. The molecule has 1 fully saturated rings. The Labute approximate surface area is 122 Å². The predicted molar refractivity (Wildman–Crippen MR) is 80.7 cm³/mol. The van der Waals surface area contributed by atoms with Crippen LogP contribution in [0.25, 0.3) is 0 Å². The van der Waals surface area contributed by atoms with Crippen molar-refractivity contribution in [2.24, 2.45) is 0 Å². The van der Waals surface area contributed by atoms with Crippen LogP contribution in [0.1, 0.15) is 20.8 Å². The van der Waals surface area contributed by atoms with Gasteiger partial charge in [0.05, 0.1) is 13.2 Å². The van der Waals surface area contributed by atoms with E-state index in [0.29, 0.717) is 18.8 Å². The molecule has 0 aromatic carbocycles. The van der Waals surface area contributed by atoms with E-state index in [2.05, 4.69) is 31.1 Å². The second-order valence-corrected chi connectivity index (χ2v) is 10.9. The molecule has 112 valence electrons. The van der Waals surface area contributed by atoms with Crippen LogP contribution in [0.3, 0.4) is 0 Å². The number of hydrogen-bond acceptors (Lipinski definition) is 4. The van der Waals surface area contributed by atoms with Crippen molar-refractivity contribution in [2.45, 2.75) is 52.3 Å². The van der Waals surface area contributed by atoms with Crippen LogP contribution in [0, 0.1) is 11.5 Å². The molecule has 0 spiro atoms. The van der Waals surface area contributed by atoms with Gasteiger partial charge in [-0.2, -0.15) is 0 Å². The lowest BCUT2D eigenvalue weighted by atomic mass is 10.1. The Bertz CT molecular complexity index is 449. The van der Waals surface area contributed by atoms with E-state index >= 15 is 0 Å². The van der Waals surface area contributed by atoms with E-state index in [1.807, 2.05) is 13.8 Å². The lowest BCUT2D eigenvalue weighted by molar-refractivity contribution is -0.138. The van der Waals surface area contributed by atoms with Crippen LogP contribution in [-0.2, 0) is 19.0 Å². The Balaban J connectivity index is 2.96. The number of ether oxygens (including phenoxy) is 3. The van der Waals surface area contributed by atoms with Gasteiger partial charge in [-0.15, -0.1) is 5.54 Å². The highest BCUT2D eigenvalue weighted by Gasteiger charge is 2.34. The zero-order valence-corrected chi connectivity index (χ0v) is 14.2. The predicted octanol–water partition coefficient (Wildman–Crippen LogP) is 2.51. The monoisotopic (exact) mass is 296 g/mol. The summed E-state index contributed by atoms with van der Waals surface area (Å²) in [5.74, 6) is 2.07. The van der Waals surface area contributed by atoms with Gasteiger partial charge >= 0.3 is 5.97 Å². The van der Waals surface area contributed by atoms with E-state index in [4.69, 9.17) is 14.2 Å². The molecule has 1 rings (SSSR count). The number of carbonyl (C=O) groups excluding carboxylic acids is 1. The molecule has 0 aliphatic carbocycles. The van der Waals surface area contributed by atoms with Gasteiger partial charge in [-0.05, 0) is 20.8 Å². The van der Waals surface area contributed by atoms with Crippen LogP contribution in [0.5, 0.6) is 0 Å². The summed E-state index contributed by atoms with van der Waals surface area (Å²) in [7, 11) is -1.53. The van der Waals surface area contributed by atoms with Crippen molar-refractivity contribution in [3.05, 3.63) is 11.6 Å². The molecule has 0 aromatic heterocycles. The molecule has 1 heterocycles. The molecule has 1 aliphatic rings. The SMILES string of the molecule is CCOC(=O)/C=C(\C#C[Si](C)(C)C)[C@H]1COC(C)(C)O1. The molecule has 0 saturated carbocycles. The van der Waals surface area contributed by atoms with Crippen molar-refractivity contribution in [2.75, 3.05) is 13.2 Å². The Morgan fingerprint density at radius 2 is 2.10 bits per heavy atom. The van der Waals surface area contributed by atoms with Crippen LogP contribution >= 0.6 is 0 Å². The van der Waals surface area contributed by atoms with Crippen molar-refractivity contribution < 1.29 is 19.0 Å². The maximum atomic E-state index is 11.6. The molecular formula is C15H24O4Si. The van der Waals surface area contributed by atoms with E-state index in [0.717, 1.165) is 0 Å². The number of rotatable bonds is 3. The minimum atomic E-state index is -1.53. The minimum Gasteiger partial charge on any atom is -0.463 e. The van der Waals surface area contributed by atoms with Gasteiger partial charge < -0.3 is 14.2 Å². The molecule has 20 heavy (non-hydrogen) atoms. The summed E-state index contributed by atoms with van der Waals surface area (Å²) < 4.78 is 16.3. The molecule has 1 atom stereocenters. The molecule has 0 amide bonds. The van der Waals surface area contributed by atoms with E-state index in [1.54, 1.807) is 6.92 Å². The fourth-order valence-corrected chi connectivity index (χ4v) is 2.14. The fraction of sp³-hybridized carbons (Fsp3) is 0.667. The number of esters is 1. The molecular weight excluding hydrogens is 272 g/mol. The van der Waals surface area contributed by atoms with Crippen LogP contribution in [0.15, 0.2) is 11.6 Å². The van der Waals surface area contributed by atoms with Crippen LogP contribution < -0.4 is 0 Å². The number of carbonyl (C=O) groups is 1. The maximum absolute atomic E-state index is 11.6. The van der Waals surface area contributed by atoms with Gasteiger partial charge in [0, 0.05) is 11.6 Å². The van der Waals surface area contributed by atoms with E-state index in [1.165, 1.54) is 6.08 Å². The second-order valence-electron chi connectivity index (χ2n) is 6.17. The topological polar surface area (TPSA) is 44.8 Å². The Hall–Kier alpha value is -1.09. The van der Waals surface area contributed by atoms with Crippen LogP contribution in [0.2, 0.25) is 19.6 Å². The highest BCUT2D eigenvalue weighted by molar-refractivity contribution is 6.83. The molecule has 5 heteroatoms. The van der Waals surface area contributed by atoms with Crippen molar-refractivity contribution in [1.29, 1.82) is 0 Å². The van der Waals surface area contributed by atoms with Crippen molar-refractivity contribution in [3.63, 3.8) is 0 Å². The first-order chi connectivity index (χ1) is 9.13. The Kier molecular flexibility index (Phi) is 5.57. The minimum absolute atomic E-state index is 0.307. The van der Waals surface area contributed by atoms with E-state index < -0.39 is 13.9 Å². The molecule has 1 saturated heterocycles. The van der Waals surface area contributed by atoms with Crippen molar-refractivity contribution >= 4 is 14.0 Å². The first kappa shape index (κ1) is 17.0. The maximum Gasteiger partial charge on any atom is 0.331 e. The zero-order chi connectivity index (χ0) is 15.4. The molecule has 0 N–H and O–H groups in total. The zero-order valence-electron chi connectivity index (χ0n) is 13.2. The largest absolute Gasteiger partial charge is 0.463 e. The molecule has 0 bridgehead atoms. The molecule has 0 radical (unpaired) electrons. The summed E-state index contributed by atoms with van der Waals surface area (Å²) in [6.07, 6.45) is 1.12. The van der Waals surface area contributed by atoms with Gasteiger partial charge in [0.25, 0.3) is 0 Å². The van der Waals surface area contributed by atoms with Crippen molar-refractivity contribution in [1.82, 2.24) is 0 Å². The smallest absolute Gasteiger partial charge is 0.331 e. The molecule has 4 nitrogen and oxygen atoms in total. The molecule has 0 aromatic rings. The third-order valence-electron chi connectivity index (χ3n) is 2.50. The lowest BCUT2D eigenvalue weighted by Crippen LogP contribution is -2.23. The summed E-state index contributed by atoms with van der Waals surface area (Å²) in [5.41, 5.74) is 3.89. The molecule has 0 unspecified atom stereocenters. The Morgan fingerprint density at radius 3 is 2.55 bits per heavy atom. The van der Waals surface area contributed by atoms with Crippen LogP contribution in [0.4, 0.5) is 0 Å². The van der Waals surface area contributed by atoms with Gasteiger partial charge in [-0.3, -0.25) is 0 Å². The van der Waals surface area contributed by atoms with Crippen LogP contribution in [-0.4, -0.2) is 39.1 Å². The third-order valence-corrected chi connectivity index (χ3v) is 3.37. The van der Waals surface area contributed by atoms with Gasteiger partial charge in [-0.1, -0.05) is 25.6 Å². The molecule has 1 aliphatic heterocycles. The van der Waals surface area contributed by atoms with Crippen molar-refractivity contribution in [3.8, 4) is 11.5 Å². The van der Waals surface area contributed by atoms with Gasteiger partial charge in [0.1, 0.15) is 14.2 Å². The highest BCUT2D eigenvalue weighted by Crippen LogP contribution is 2.26. The summed E-state index contributed by atoms with van der Waals surface area (Å²) in [4.78, 5) is 11.6. The summed E-state index contributed by atoms with van der Waals surface area (Å²) in [6.45, 7) is 12.7. The first-order valence-electron chi connectivity index (χ1n) is 6.86. The van der Waals surface area contributed by atoms with Gasteiger partial charge in [0.2, 0.25) is 0 Å². The third kappa shape index (κ3) is 5.91. The quantitative estimate of drug-likeness (QED) is 0.347. The standard InChI is InChI=1S/C15H24O4Si/c1-7-17-14(16)10-12(8-9-20(4,5)6)13-11-18-15(2,3)19-13/h10,13H,7,11H2,1-6H3/b12-10+/t13-/m1/s1. The van der Waals surface area contributed by atoms with E-state index in [-0.39, 0.29) is 12.1 Å². The first-order valence-corrected chi connectivity index (χ1v) is 10.4. The van der Waals surface area contributed by atoms with Gasteiger partial charge in [0.15, 0.2) is 5.79 Å². The summed E-state index contributed by atoms with van der Waals surface area (Å²) in [5, 5.41) is 0. The average Bonchev–Trinajstić information content (AvgIpc) is 2.64. The second kappa shape index (κ2) is 6.57. The fourth-order valence-electron chi connectivity index (χ4n) is 1.62. The van der Waals surface area contributed by atoms with E-state index in [9.17, 15) is 4.79 Å². The number of hydrogen-bond donors (Lipinski definition) is 0. The average molecular weight is 296 g/mol. The Morgan fingerprint density at radius 1 is 1.45 bits per heavy atom. The lowest BCUT2D eigenvalue weighted by Gasteiger charge is -2.17.